The van der Waals surface area contributed by atoms with E-state index in [1.807, 2.05) is 6.07 Å². The fraction of sp³-hybridized carbons (Fsp3) is 0.368. The lowest BCUT2D eigenvalue weighted by atomic mass is 9.90. The maximum Gasteiger partial charge on any atom is 0.231 e. The normalized spacial score (nSPS) is 23.4. The predicted octanol–water partition coefficient (Wildman–Crippen LogP) is 3.77. The van der Waals surface area contributed by atoms with Crippen molar-refractivity contribution in [2.45, 2.75) is 37.6 Å². The number of ether oxygens (including phenoxy) is 2. The summed E-state index contributed by atoms with van der Waals surface area (Å²) in [5, 5.41) is 0. The van der Waals surface area contributed by atoms with E-state index in [9.17, 15) is 0 Å². The van der Waals surface area contributed by atoms with Gasteiger partial charge in [-0.2, -0.15) is 0 Å². The molecule has 0 saturated heterocycles. The summed E-state index contributed by atoms with van der Waals surface area (Å²) < 4.78 is 11.0. The van der Waals surface area contributed by atoms with Crippen LogP contribution in [0, 0.1) is 0 Å². The third-order valence-electron chi connectivity index (χ3n) is 5.05. The van der Waals surface area contributed by atoms with Crippen LogP contribution in [0.15, 0.2) is 42.5 Å². The molecule has 3 atom stereocenters. The van der Waals surface area contributed by atoms with Crippen LogP contribution in [0.25, 0.3) is 0 Å². The van der Waals surface area contributed by atoms with Gasteiger partial charge in [0.2, 0.25) is 6.79 Å². The van der Waals surface area contributed by atoms with Crippen LogP contribution in [0.3, 0.4) is 0 Å². The topological polar surface area (TPSA) is 44.5 Å². The molecule has 3 heteroatoms. The highest BCUT2D eigenvalue weighted by molar-refractivity contribution is 5.51. The number of rotatable bonds is 3. The Balaban J connectivity index is 1.74. The Labute approximate surface area is 131 Å². The molecule has 2 aromatic rings. The lowest BCUT2D eigenvalue weighted by Crippen LogP contribution is -2.26. The molecule has 0 saturated carbocycles. The van der Waals surface area contributed by atoms with Crippen LogP contribution in [0.5, 0.6) is 11.5 Å². The first-order valence-electron chi connectivity index (χ1n) is 8.02. The maximum atomic E-state index is 6.38. The van der Waals surface area contributed by atoms with Crippen molar-refractivity contribution in [1.29, 1.82) is 0 Å². The SMILES string of the molecule is CCC(N)C1CC(c2ccc3c(c2)OCO3)c2ccccc21. The van der Waals surface area contributed by atoms with Gasteiger partial charge in [-0.05, 0) is 41.7 Å². The van der Waals surface area contributed by atoms with Gasteiger partial charge in [0.05, 0.1) is 0 Å². The van der Waals surface area contributed by atoms with E-state index in [0.717, 1.165) is 24.3 Å². The number of hydrogen-bond acceptors (Lipinski definition) is 3. The Morgan fingerprint density at radius 1 is 1.09 bits per heavy atom. The van der Waals surface area contributed by atoms with Gasteiger partial charge in [0.15, 0.2) is 11.5 Å². The molecule has 1 aliphatic carbocycles. The zero-order valence-electron chi connectivity index (χ0n) is 12.8. The fourth-order valence-electron chi connectivity index (χ4n) is 3.81. The minimum absolute atomic E-state index is 0.222. The summed E-state index contributed by atoms with van der Waals surface area (Å²) in [6.07, 6.45) is 2.08. The van der Waals surface area contributed by atoms with Crippen molar-refractivity contribution in [2.24, 2.45) is 5.73 Å². The third kappa shape index (κ3) is 2.08. The fourth-order valence-corrected chi connectivity index (χ4v) is 3.81. The summed E-state index contributed by atoms with van der Waals surface area (Å²) in [7, 11) is 0. The smallest absolute Gasteiger partial charge is 0.231 e. The van der Waals surface area contributed by atoms with Gasteiger partial charge in [-0.15, -0.1) is 0 Å². The van der Waals surface area contributed by atoms with E-state index >= 15 is 0 Å². The average molecular weight is 295 g/mol. The summed E-state index contributed by atoms with van der Waals surface area (Å²) in [5.74, 6) is 2.54. The summed E-state index contributed by atoms with van der Waals surface area (Å²) in [4.78, 5) is 0. The summed E-state index contributed by atoms with van der Waals surface area (Å²) >= 11 is 0. The van der Waals surface area contributed by atoms with Crippen molar-refractivity contribution in [3.63, 3.8) is 0 Å². The van der Waals surface area contributed by atoms with Crippen LogP contribution >= 0.6 is 0 Å². The van der Waals surface area contributed by atoms with Crippen LogP contribution < -0.4 is 15.2 Å². The van der Waals surface area contributed by atoms with Crippen LogP contribution in [-0.2, 0) is 0 Å². The molecule has 4 rings (SSSR count). The zero-order chi connectivity index (χ0) is 15.1. The lowest BCUT2D eigenvalue weighted by molar-refractivity contribution is 0.174. The first-order chi connectivity index (χ1) is 10.8. The molecule has 2 N–H and O–H groups in total. The van der Waals surface area contributed by atoms with Crippen LogP contribution in [-0.4, -0.2) is 12.8 Å². The van der Waals surface area contributed by atoms with Gasteiger partial charge in [-0.25, -0.2) is 0 Å². The number of benzene rings is 2. The van der Waals surface area contributed by atoms with Crippen LogP contribution in [0.4, 0.5) is 0 Å². The molecule has 3 nitrogen and oxygen atoms in total. The first-order valence-corrected chi connectivity index (χ1v) is 8.02. The summed E-state index contributed by atoms with van der Waals surface area (Å²) in [5.41, 5.74) is 10.5. The molecule has 0 amide bonds. The van der Waals surface area contributed by atoms with Crippen molar-refractivity contribution in [2.75, 3.05) is 6.79 Å². The second kappa shape index (κ2) is 5.33. The van der Waals surface area contributed by atoms with Gasteiger partial charge in [-0.1, -0.05) is 37.3 Å². The average Bonchev–Trinajstić information content (AvgIpc) is 3.17. The summed E-state index contributed by atoms with van der Waals surface area (Å²) in [6, 6.07) is 15.3. The Hall–Kier alpha value is -2.00. The van der Waals surface area contributed by atoms with Gasteiger partial charge in [0.1, 0.15) is 0 Å². The van der Waals surface area contributed by atoms with Crippen molar-refractivity contribution in [3.8, 4) is 11.5 Å². The van der Waals surface area contributed by atoms with E-state index in [0.29, 0.717) is 18.6 Å². The largest absolute Gasteiger partial charge is 0.454 e. The molecule has 0 aromatic heterocycles. The highest BCUT2D eigenvalue weighted by atomic mass is 16.7. The van der Waals surface area contributed by atoms with Crippen molar-refractivity contribution in [1.82, 2.24) is 0 Å². The second-order valence-electron chi connectivity index (χ2n) is 6.21. The molecule has 1 aliphatic heterocycles. The van der Waals surface area contributed by atoms with E-state index in [1.165, 1.54) is 16.7 Å². The molecule has 1 heterocycles. The highest BCUT2D eigenvalue weighted by Gasteiger charge is 2.34. The molecule has 0 spiro atoms. The Kier molecular flexibility index (Phi) is 3.30. The second-order valence-corrected chi connectivity index (χ2v) is 6.21. The van der Waals surface area contributed by atoms with Crippen molar-refractivity contribution >= 4 is 0 Å². The minimum Gasteiger partial charge on any atom is -0.454 e. The van der Waals surface area contributed by atoms with Crippen LogP contribution in [0.1, 0.15) is 48.3 Å². The van der Waals surface area contributed by atoms with E-state index in [2.05, 4.69) is 43.3 Å². The first kappa shape index (κ1) is 13.6. The molecular formula is C19H21NO2. The number of fused-ring (bicyclic) bond motifs is 2. The standard InChI is InChI=1S/C19H21NO2/c1-2-17(20)16-10-15(13-5-3-4-6-14(13)16)12-7-8-18-19(9-12)22-11-21-18/h3-9,15-17H,2,10-11,20H2,1H3. The van der Waals surface area contributed by atoms with E-state index < -0.39 is 0 Å². The Morgan fingerprint density at radius 3 is 2.68 bits per heavy atom. The zero-order valence-corrected chi connectivity index (χ0v) is 12.8. The number of nitrogens with two attached hydrogens (primary N) is 1. The van der Waals surface area contributed by atoms with Gasteiger partial charge in [0, 0.05) is 17.9 Å². The van der Waals surface area contributed by atoms with Gasteiger partial charge in [0.25, 0.3) is 0 Å². The van der Waals surface area contributed by atoms with Crippen molar-refractivity contribution in [3.05, 3.63) is 59.2 Å². The van der Waals surface area contributed by atoms with Gasteiger partial charge < -0.3 is 15.2 Å². The molecule has 2 aromatic carbocycles. The molecule has 2 aliphatic rings. The van der Waals surface area contributed by atoms with Crippen LogP contribution in [0.2, 0.25) is 0 Å². The quantitative estimate of drug-likeness (QED) is 0.937. The van der Waals surface area contributed by atoms with E-state index in [4.69, 9.17) is 15.2 Å². The summed E-state index contributed by atoms with van der Waals surface area (Å²) in [6.45, 7) is 2.49. The maximum absolute atomic E-state index is 6.38. The molecular weight excluding hydrogens is 274 g/mol. The Morgan fingerprint density at radius 2 is 1.86 bits per heavy atom. The van der Waals surface area contributed by atoms with Gasteiger partial charge >= 0.3 is 0 Å². The van der Waals surface area contributed by atoms with Crippen molar-refractivity contribution < 1.29 is 9.47 Å². The highest BCUT2D eigenvalue weighted by Crippen LogP contribution is 2.48. The molecule has 22 heavy (non-hydrogen) atoms. The monoisotopic (exact) mass is 295 g/mol. The molecule has 0 bridgehead atoms. The molecule has 0 fully saturated rings. The predicted molar refractivity (Wildman–Crippen MR) is 86.5 cm³/mol. The molecule has 0 radical (unpaired) electrons. The van der Waals surface area contributed by atoms with Gasteiger partial charge in [-0.3, -0.25) is 0 Å². The Bertz CT molecular complexity index is 698. The minimum atomic E-state index is 0.222. The third-order valence-corrected chi connectivity index (χ3v) is 5.05. The molecule has 3 unspecified atom stereocenters. The molecule has 114 valence electrons. The number of hydrogen-bond donors (Lipinski definition) is 1. The van der Waals surface area contributed by atoms with E-state index in [-0.39, 0.29) is 6.04 Å². The van der Waals surface area contributed by atoms with E-state index in [1.54, 1.807) is 0 Å². The lowest BCUT2D eigenvalue weighted by Gasteiger charge is -2.19.